The van der Waals surface area contributed by atoms with Crippen molar-refractivity contribution in [3.63, 3.8) is 0 Å². The molecule has 0 aliphatic rings. The topological polar surface area (TPSA) is 68.3 Å². The van der Waals surface area contributed by atoms with E-state index in [0.29, 0.717) is 18.2 Å². The summed E-state index contributed by atoms with van der Waals surface area (Å²) in [6.45, 7) is 6.54. The van der Waals surface area contributed by atoms with Gasteiger partial charge in [0, 0.05) is 12.6 Å². The molecule has 0 radical (unpaired) electrons. The van der Waals surface area contributed by atoms with Gasteiger partial charge in [-0.1, -0.05) is 26.7 Å². The van der Waals surface area contributed by atoms with E-state index in [0.717, 1.165) is 18.6 Å². The molecular formula is C13H22N2O2. The van der Waals surface area contributed by atoms with Crippen molar-refractivity contribution in [2.75, 3.05) is 6.54 Å². The number of hydrogen-bond donors (Lipinski definition) is 2. The van der Waals surface area contributed by atoms with Crippen LogP contribution in [0.5, 0.6) is 0 Å². The van der Waals surface area contributed by atoms with Gasteiger partial charge in [-0.25, -0.2) is 0 Å². The Morgan fingerprint density at radius 2 is 2.06 bits per heavy atom. The molecule has 0 saturated heterocycles. The number of carbonyl (C=O) groups excluding carboxylic acids is 1. The Labute approximate surface area is 103 Å². The molecule has 0 saturated carbocycles. The molecule has 4 nitrogen and oxygen atoms in total. The Kier molecular flexibility index (Phi) is 5.22. The van der Waals surface area contributed by atoms with Crippen LogP contribution in [0, 0.1) is 12.8 Å². The lowest BCUT2D eigenvalue weighted by Crippen LogP contribution is -2.41. The first kappa shape index (κ1) is 13.8. The lowest BCUT2D eigenvalue weighted by Gasteiger charge is -2.21. The van der Waals surface area contributed by atoms with Gasteiger partial charge in [-0.05, 0) is 25.0 Å². The summed E-state index contributed by atoms with van der Waals surface area (Å²) in [5.74, 6) is 1.34. The van der Waals surface area contributed by atoms with Crippen molar-refractivity contribution in [1.29, 1.82) is 0 Å². The van der Waals surface area contributed by atoms with Crippen molar-refractivity contribution in [3.05, 3.63) is 23.7 Å². The van der Waals surface area contributed by atoms with Crippen LogP contribution in [0.1, 0.15) is 43.0 Å². The van der Waals surface area contributed by atoms with E-state index < -0.39 is 0 Å². The van der Waals surface area contributed by atoms with Gasteiger partial charge in [0.1, 0.15) is 5.76 Å². The van der Waals surface area contributed by atoms with E-state index in [2.05, 4.69) is 19.2 Å². The normalized spacial score (nSPS) is 12.8. The summed E-state index contributed by atoms with van der Waals surface area (Å²) in [5, 5.41) is 2.80. The highest BCUT2D eigenvalue weighted by molar-refractivity contribution is 5.91. The zero-order valence-corrected chi connectivity index (χ0v) is 10.8. The van der Waals surface area contributed by atoms with Crippen molar-refractivity contribution in [2.24, 2.45) is 11.7 Å². The molecule has 4 heteroatoms. The zero-order valence-electron chi connectivity index (χ0n) is 10.8. The van der Waals surface area contributed by atoms with Crippen LogP contribution in [0.3, 0.4) is 0 Å². The summed E-state index contributed by atoms with van der Waals surface area (Å²) in [6, 6.07) is 3.45. The van der Waals surface area contributed by atoms with E-state index >= 15 is 0 Å². The highest BCUT2D eigenvalue weighted by Crippen LogP contribution is 2.11. The average Bonchev–Trinajstić information content (AvgIpc) is 2.74. The molecular weight excluding hydrogens is 216 g/mol. The first-order valence-corrected chi connectivity index (χ1v) is 6.18. The van der Waals surface area contributed by atoms with E-state index in [1.165, 1.54) is 0 Å². The van der Waals surface area contributed by atoms with Crippen molar-refractivity contribution >= 4 is 5.91 Å². The van der Waals surface area contributed by atoms with Crippen molar-refractivity contribution in [3.8, 4) is 0 Å². The van der Waals surface area contributed by atoms with E-state index in [-0.39, 0.29) is 11.9 Å². The number of nitrogens with two attached hydrogens (primary N) is 1. The third-order valence-electron chi connectivity index (χ3n) is 3.12. The van der Waals surface area contributed by atoms with Gasteiger partial charge in [-0.3, -0.25) is 4.79 Å². The number of hydrogen-bond acceptors (Lipinski definition) is 3. The third-order valence-corrected chi connectivity index (χ3v) is 3.12. The zero-order chi connectivity index (χ0) is 12.8. The monoisotopic (exact) mass is 238 g/mol. The molecule has 1 unspecified atom stereocenters. The van der Waals surface area contributed by atoms with Crippen LogP contribution in [0.25, 0.3) is 0 Å². The second kappa shape index (κ2) is 6.45. The maximum atomic E-state index is 11.7. The fourth-order valence-electron chi connectivity index (χ4n) is 1.92. The maximum Gasteiger partial charge on any atom is 0.287 e. The molecule has 0 fully saturated rings. The SMILES string of the molecule is CCC(CC)C(N)CNC(=O)c1ccc(C)o1. The Hall–Kier alpha value is -1.29. The largest absolute Gasteiger partial charge is 0.456 e. The molecule has 3 N–H and O–H groups in total. The number of rotatable bonds is 6. The van der Waals surface area contributed by atoms with E-state index in [9.17, 15) is 4.79 Å². The lowest BCUT2D eigenvalue weighted by atomic mass is 9.95. The van der Waals surface area contributed by atoms with Crippen LogP contribution < -0.4 is 11.1 Å². The molecule has 0 aliphatic heterocycles. The Morgan fingerprint density at radius 3 is 2.53 bits per heavy atom. The predicted octanol–water partition coefficient (Wildman–Crippen LogP) is 2.08. The fraction of sp³-hybridized carbons (Fsp3) is 0.615. The highest BCUT2D eigenvalue weighted by atomic mass is 16.3. The van der Waals surface area contributed by atoms with Crippen LogP contribution in [-0.4, -0.2) is 18.5 Å². The molecule has 1 heterocycles. The molecule has 0 bridgehead atoms. The third kappa shape index (κ3) is 3.89. The lowest BCUT2D eigenvalue weighted by molar-refractivity contribution is 0.0919. The van der Waals surface area contributed by atoms with Crippen LogP contribution in [0.15, 0.2) is 16.5 Å². The van der Waals surface area contributed by atoms with Crippen LogP contribution in [0.2, 0.25) is 0 Å². The van der Waals surface area contributed by atoms with Gasteiger partial charge < -0.3 is 15.5 Å². The van der Waals surface area contributed by atoms with Crippen LogP contribution >= 0.6 is 0 Å². The number of aryl methyl sites for hydroxylation is 1. The summed E-state index contributed by atoms with van der Waals surface area (Å²) < 4.78 is 5.24. The van der Waals surface area contributed by atoms with Crippen LogP contribution in [-0.2, 0) is 0 Å². The maximum absolute atomic E-state index is 11.7. The van der Waals surface area contributed by atoms with Crippen LogP contribution in [0.4, 0.5) is 0 Å². The quantitative estimate of drug-likeness (QED) is 0.797. The number of amides is 1. The molecule has 17 heavy (non-hydrogen) atoms. The van der Waals surface area contributed by atoms with E-state index in [1.807, 2.05) is 6.92 Å². The standard InChI is InChI=1S/C13H22N2O2/c1-4-10(5-2)11(14)8-15-13(16)12-7-6-9(3)17-12/h6-7,10-11H,4-5,8,14H2,1-3H3,(H,15,16). The highest BCUT2D eigenvalue weighted by Gasteiger charge is 2.16. The Bertz CT molecular complexity index is 356. The summed E-state index contributed by atoms with van der Waals surface area (Å²) in [5.41, 5.74) is 6.03. The second-order valence-electron chi connectivity index (χ2n) is 4.36. The molecule has 0 aliphatic carbocycles. The van der Waals surface area contributed by atoms with Crippen molar-refractivity contribution in [1.82, 2.24) is 5.32 Å². The minimum absolute atomic E-state index is 0.00464. The van der Waals surface area contributed by atoms with Gasteiger partial charge >= 0.3 is 0 Å². The fourth-order valence-corrected chi connectivity index (χ4v) is 1.92. The Balaban J connectivity index is 2.43. The minimum Gasteiger partial charge on any atom is -0.456 e. The average molecular weight is 238 g/mol. The van der Waals surface area contributed by atoms with Gasteiger partial charge in [-0.15, -0.1) is 0 Å². The number of carbonyl (C=O) groups is 1. The minimum atomic E-state index is -0.195. The summed E-state index contributed by atoms with van der Waals surface area (Å²) >= 11 is 0. The Morgan fingerprint density at radius 1 is 1.41 bits per heavy atom. The summed E-state index contributed by atoms with van der Waals surface area (Å²) in [6.07, 6.45) is 2.07. The van der Waals surface area contributed by atoms with Gasteiger partial charge in [0.2, 0.25) is 0 Å². The molecule has 96 valence electrons. The van der Waals surface area contributed by atoms with Crippen molar-refractivity contribution < 1.29 is 9.21 Å². The molecule has 1 aromatic heterocycles. The first-order chi connectivity index (χ1) is 8.08. The van der Waals surface area contributed by atoms with Gasteiger partial charge in [0.15, 0.2) is 5.76 Å². The predicted molar refractivity (Wildman–Crippen MR) is 67.8 cm³/mol. The summed E-state index contributed by atoms with van der Waals surface area (Å²) in [7, 11) is 0. The molecule has 1 atom stereocenters. The molecule has 0 aromatic carbocycles. The number of nitrogens with one attached hydrogen (secondary N) is 1. The molecule has 1 aromatic rings. The van der Waals surface area contributed by atoms with Gasteiger partial charge in [0.05, 0.1) is 0 Å². The van der Waals surface area contributed by atoms with Gasteiger partial charge in [-0.2, -0.15) is 0 Å². The summed E-state index contributed by atoms with van der Waals surface area (Å²) in [4.78, 5) is 11.7. The first-order valence-electron chi connectivity index (χ1n) is 6.18. The number of furan rings is 1. The van der Waals surface area contributed by atoms with Gasteiger partial charge in [0.25, 0.3) is 5.91 Å². The second-order valence-corrected chi connectivity index (χ2v) is 4.36. The molecule has 1 amide bonds. The van der Waals surface area contributed by atoms with E-state index in [4.69, 9.17) is 10.2 Å². The molecule has 0 spiro atoms. The van der Waals surface area contributed by atoms with Crippen molar-refractivity contribution in [2.45, 2.75) is 39.7 Å². The smallest absolute Gasteiger partial charge is 0.287 e. The van der Waals surface area contributed by atoms with E-state index in [1.54, 1.807) is 12.1 Å². The molecule has 1 rings (SSSR count).